The average molecular weight is 461 g/mol. The molecule has 1 saturated heterocycles. The molecule has 0 unspecified atom stereocenters. The highest BCUT2D eigenvalue weighted by atomic mass is 35.5. The van der Waals surface area contributed by atoms with E-state index < -0.39 is 10.0 Å². The number of rotatable bonds is 6. The fraction of sp³-hybridized carbons (Fsp3) is 0.333. The van der Waals surface area contributed by atoms with E-state index in [9.17, 15) is 18.0 Å². The summed E-state index contributed by atoms with van der Waals surface area (Å²) in [5.41, 5.74) is 0.516. The molecule has 0 atom stereocenters. The van der Waals surface area contributed by atoms with E-state index in [2.05, 4.69) is 0 Å². The van der Waals surface area contributed by atoms with E-state index in [-0.39, 0.29) is 41.8 Å². The maximum atomic E-state index is 12.6. The van der Waals surface area contributed by atoms with Crippen LogP contribution >= 0.6 is 34.5 Å². The van der Waals surface area contributed by atoms with Crippen molar-refractivity contribution >= 4 is 56.3 Å². The van der Waals surface area contributed by atoms with Gasteiger partial charge < -0.3 is 4.90 Å². The number of carbonyl (C=O) groups excluding carboxylic acids is 2. The smallest absolute Gasteiger partial charge is 0.252 e. The number of carbonyl (C=O) groups is 2. The Morgan fingerprint density at radius 3 is 2.14 bits per heavy atom. The lowest BCUT2D eigenvalue weighted by Gasteiger charge is -2.33. The van der Waals surface area contributed by atoms with Crippen molar-refractivity contribution in [3.05, 3.63) is 51.3 Å². The first-order valence-electron chi connectivity index (χ1n) is 8.59. The molecule has 0 radical (unpaired) electrons. The molecule has 1 amide bonds. The number of benzene rings is 1. The number of amides is 1. The molecule has 0 N–H and O–H groups in total. The Labute approximate surface area is 177 Å². The van der Waals surface area contributed by atoms with Crippen molar-refractivity contribution in [1.82, 2.24) is 9.21 Å². The normalized spacial score (nSPS) is 15.6. The van der Waals surface area contributed by atoms with Crippen molar-refractivity contribution in [3.8, 4) is 0 Å². The number of ketones is 1. The molecule has 3 rings (SSSR count). The Balaban J connectivity index is 1.51. The van der Waals surface area contributed by atoms with E-state index >= 15 is 0 Å². The third-order valence-electron chi connectivity index (χ3n) is 4.47. The molecule has 1 aromatic heterocycles. The highest BCUT2D eigenvalue weighted by Gasteiger charge is 2.31. The number of nitrogens with zero attached hydrogens (tertiary/aromatic N) is 2. The molecule has 2 aromatic rings. The van der Waals surface area contributed by atoms with Crippen LogP contribution < -0.4 is 0 Å². The molecule has 6 nitrogen and oxygen atoms in total. The summed E-state index contributed by atoms with van der Waals surface area (Å²) in [7, 11) is -3.59. The zero-order chi connectivity index (χ0) is 20.3. The van der Waals surface area contributed by atoms with Gasteiger partial charge in [-0.3, -0.25) is 9.59 Å². The topological polar surface area (TPSA) is 74.8 Å². The number of hydrogen-bond acceptors (Lipinski definition) is 5. The largest absolute Gasteiger partial charge is 0.340 e. The molecule has 2 heterocycles. The summed E-state index contributed by atoms with van der Waals surface area (Å²) < 4.78 is 27.2. The van der Waals surface area contributed by atoms with Crippen LogP contribution in [0.15, 0.2) is 40.6 Å². The molecule has 28 heavy (non-hydrogen) atoms. The second-order valence-corrected chi connectivity index (χ2v) is 10.6. The van der Waals surface area contributed by atoms with Crippen LogP contribution in [-0.2, 0) is 14.8 Å². The fourth-order valence-electron chi connectivity index (χ4n) is 2.90. The van der Waals surface area contributed by atoms with Crippen molar-refractivity contribution in [1.29, 1.82) is 0 Å². The molecule has 0 spiro atoms. The van der Waals surface area contributed by atoms with E-state index in [4.69, 9.17) is 23.2 Å². The van der Waals surface area contributed by atoms with Crippen LogP contribution in [0.1, 0.15) is 23.2 Å². The summed E-state index contributed by atoms with van der Waals surface area (Å²) in [4.78, 5) is 26.2. The monoisotopic (exact) mass is 460 g/mol. The second kappa shape index (κ2) is 8.92. The predicted molar refractivity (Wildman–Crippen MR) is 110 cm³/mol. The highest BCUT2D eigenvalue weighted by Crippen LogP contribution is 2.28. The second-order valence-electron chi connectivity index (χ2n) is 6.27. The first kappa shape index (κ1) is 21.3. The van der Waals surface area contributed by atoms with E-state index in [0.717, 1.165) is 11.3 Å². The molecule has 1 aromatic carbocycles. The van der Waals surface area contributed by atoms with Gasteiger partial charge in [0.2, 0.25) is 5.91 Å². The Morgan fingerprint density at radius 2 is 1.57 bits per heavy atom. The van der Waals surface area contributed by atoms with Crippen LogP contribution in [0.2, 0.25) is 9.36 Å². The van der Waals surface area contributed by atoms with Crippen LogP contribution in [0, 0.1) is 0 Å². The molecule has 0 saturated carbocycles. The van der Waals surface area contributed by atoms with Gasteiger partial charge in [-0.25, -0.2) is 8.42 Å². The molecule has 150 valence electrons. The lowest BCUT2D eigenvalue weighted by molar-refractivity contribution is -0.132. The Morgan fingerprint density at radius 1 is 0.929 bits per heavy atom. The van der Waals surface area contributed by atoms with Crippen LogP contribution in [-0.4, -0.2) is 55.5 Å². The van der Waals surface area contributed by atoms with Crippen LogP contribution in [0.3, 0.4) is 0 Å². The summed E-state index contributed by atoms with van der Waals surface area (Å²) in [5.74, 6) is -0.278. The van der Waals surface area contributed by atoms with Crippen molar-refractivity contribution < 1.29 is 18.0 Å². The number of thiophene rings is 1. The predicted octanol–water partition coefficient (Wildman–Crippen LogP) is 3.55. The highest BCUT2D eigenvalue weighted by molar-refractivity contribution is 7.91. The third-order valence-corrected chi connectivity index (χ3v) is 8.32. The quantitative estimate of drug-likeness (QED) is 0.617. The summed E-state index contributed by atoms with van der Waals surface area (Å²) in [5, 5.41) is 0.547. The molecular formula is C18H18Cl2N2O4S2. The zero-order valence-electron chi connectivity index (χ0n) is 14.8. The lowest BCUT2D eigenvalue weighted by atomic mass is 10.1. The molecule has 0 aliphatic carbocycles. The van der Waals surface area contributed by atoms with Gasteiger partial charge in [0.05, 0.1) is 4.34 Å². The van der Waals surface area contributed by atoms with E-state index in [1.807, 2.05) is 0 Å². The van der Waals surface area contributed by atoms with Crippen molar-refractivity contribution in [3.63, 3.8) is 0 Å². The van der Waals surface area contributed by atoms with Gasteiger partial charge in [-0.1, -0.05) is 23.2 Å². The number of piperazine rings is 1. The van der Waals surface area contributed by atoms with Crippen LogP contribution in [0.25, 0.3) is 0 Å². The standard InChI is InChI=1S/C18H18Cl2N2O4S2/c19-14-3-1-13(2-4-14)15(23)5-7-17(24)21-9-11-22(12-10-21)28(25,26)18-8-6-16(20)27-18/h1-4,6,8H,5,7,9-12H2. The maximum Gasteiger partial charge on any atom is 0.252 e. The van der Waals surface area contributed by atoms with Gasteiger partial charge in [-0.05, 0) is 36.4 Å². The van der Waals surface area contributed by atoms with Crippen LogP contribution in [0.4, 0.5) is 0 Å². The number of halogens is 2. The maximum absolute atomic E-state index is 12.6. The van der Waals surface area contributed by atoms with Crippen LogP contribution in [0.5, 0.6) is 0 Å². The minimum Gasteiger partial charge on any atom is -0.340 e. The van der Waals surface area contributed by atoms with Gasteiger partial charge in [-0.2, -0.15) is 4.31 Å². The minimum absolute atomic E-state index is 0.0920. The van der Waals surface area contributed by atoms with Crippen molar-refractivity contribution in [2.75, 3.05) is 26.2 Å². The van der Waals surface area contributed by atoms with E-state index in [0.29, 0.717) is 28.0 Å². The number of hydrogen-bond donors (Lipinski definition) is 0. The Hall–Kier alpha value is -1.45. The van der Waals surface area contributed by atoms with Gasteiger partial charge >= 0.3 is 0 Å². The molecular weight excluding hydrogens is 443 g/mol. The molecule has 0 bridgehead atoms. The van der Waals surface area contributed by atoms with Crippen molar-refractivity contribution in [2.24, 2.45) is 0 Å². The van der Waals surface area contributed by atoms with Gasteiger partial charge in [0.1, 0.15) is 4.21 Å². The summed E-state index contributed by atoms with van der Waals surface area (Å²) >= 11 is 12.7. The molecule has 10 heteroatoms. The van der Waals surface area contributed by atoms with Crippen molar-refractivity contribution in [2.45, 2.75) is 17.1 Å². The van der Waals surface area contributed by atoms with E-state index in [1.54, 1.807) is 35.2 Å². The lowest BCUT2D eigenvalue weighted by Crippen LogP contribution is -2.50. The number of Topliss-reactive ketones (excluding diaryl/α,β-unsaturated/α-hetero) is 1. The Bertz CT molecular complexity index is 966. The van der Waals surface area contributed by atoms with Gasteiger partial charge in [0.25, 0.3) is 10.0 Å². The van der Waals surface area contributed by atoms with E-state index in [1.165, 1.54) is 10.4 Å². The van der Waals surface area contributed by atoms with Gasteiger partial charge in [0.15, 0.2) is 5.78 Å². The summed E-state index contributed by atoms with van der Waals surface area (Å²) in [6.07, 6.45) is 0.196. The first-order chi connectivity index (χ1) is 13.3. The third kappa shape index (κ3) is 4.93. The summed E-state index contributed by atoms with van der Waals surface area (Å²) in [6, 6.07) is 9.58. The van der Waals surface area contributed by atoms with Gasteiger partial charge in [-0.15, -0.1) is 11.3 Å². The number of sulfonamides is 1. The molecule has 1 aliphatic heterocycles. The fourth-order valence-corrected chi connectivity index (χ4v) is 6.09. The Kier molecular flexibility index (Phi) is 6.77. The minimum atomic E-state index is -3.59. The van der Waals surface area contributed by atoms with Gasteiger partial charge in [0, 0.05) is 49.6 Å². The average Bonchev–Trinajstić information content (AvgIpc) is 3.13. The SMILES string of the molecule is O=C(CCC(=O)N1CCN(S(=O)(=O)c2ccc(Cl)s2)CC1)c1ccc(Cl)cc1. The molecule has 1 aliphatic rings. The molecule has 1 fully saturated rings. The summed E-state index contributed by atoms with van der Waals surface area (Å²) in [6.45, 7) is 1.03. The first-order valence-corrected chi connectivity index (χ1v) is 11.6. The zero-order valence-corrected chi connectivity index (χ0v) is 18.0.